The lowest BCUT2D eigenvalue weighted by Crippen LogP contribution is -2.44. The fourth-order valence-electron chi connectivity index (χ4n) is 5.46. The average Bonchev–Trinajstić information content (AvgIpc) is 2.77. The van der Waals surface area contributed by atoms with Gasteiger partial charge in [-0.3, -0.25) is 4.79 Å². The van der Waals surface area contributed by atoms with E-state index >= 15 is 0 Å². The molecule has 100 valence electrons. The largest absolute Gasteiger partial charge is 0.458 e. The summed E-state index contributed by atoms with van der Waals surface area (Å²) in [4.78, 5) is 11.2. The van der Waals surface area contributed by atoms with E-state index in [1.165, 1.54) is 44.6 Å². The third-order valence-corrected chi connectivity index (χ3v) is 6.20. The zero-order valence-corrected chi connectivity index (χ0v) is 11.8. The number of carbonyl (C=O) groups is 1. The lowest BCUT2D eigenvalue weighted by molar-refractivity contribution is -0.147. The molecule has 0 heterocycles. The molecule has 0 spiro atoms. The number of carbonyl (C=O) groups excluding carboxylic acids is 1. The molecule has 18 heavy (non-hydrogen) atoms. The first kappa shape index (κ1) is 12.3. The summed E-state index contributed by atoms with van der Waals surface area (Å²) in [5, 5.41) is 0. The van der Waals surface area contributed by atoms with Crippen LogP contribution in [0, 0.1) is 16.7 Å². The fourth-order valence-corrected chi connectivity index (χ4v) is 5.46. The molecule has 0 N–H and O–H groups in total. The maximum Gasteiger partial charge on any atom is 0.303 e. The molecule has 4 atom stereocenters. The number of esters is 1. The van der Waals surface area contributed by atoms with Crippen molar-refractivity contribution in [2.45, 2.75) is 65.4 Å². The van der Waals surface area contributed by atoms with E-state index in [1.807, 2.05) is 0 Å². The molecule has 0 aromatic rings. The zero-order chi connectivity index (χ0) is 13.0. The molecule has 0 aromatic carbocycles. The fraction of sp³-hybridized carbons (Fsp3) is 0.812. The molecule has 2 heteroatoms. The lowest BCUT2D eigenvalue weighted by atomic mass is 9.56. The summed E-state index contributed by atoms with van der Waals surface area (Å²) in [6.07, 6.45) is 10.1. The van der Waals surface area contributed by atoms with Crippen LogP contribution in [0.2, 0.25) is 0 Å². The van der Waals surface area contributed by atoms with Crippen LogP contribution in [-0.4, -0.2) is 12.1 Å². The number of ether oxygens (including phenoxy) is 1. The maximum absolute atomic E-state index is 11.2. The monoisotopic (exact) mass is 248 g/mol. The van der Waals surface area contributed by atoms with Crippen LogP contribution in [0.1, 0.15) is 59.3 Å². The van der Waals surface area contributed by atoms with Crippen molar-refractivity contribution in [1.29, 1.82) is 0 Å². The lowest BCUT2D eigenvalue weighted by Gasteiger charge is -2.49. The van der Waals surface area contributed by atoms with Gasteiger partial charge in [-0.05, 0) is 61.9 Å². The molecule has 3 aliphatic rings. The van der Waals surface area contributed by atoms with Gasteiger partial charge < -0.3 is 4.74 Å². The quantitative estimate of drug-likeness (QED) is 0.520. The van der Waals surface area contributed by atoms with Crippen LogP contribution in [0.3, 0.4) is 0 Å². The molecule has 0 amide bonds. The summed E-state index contributed by atoms with van der Waals surface area (Å²) in [7, 11) is 0. The molecule has 0 aromatic heterocycles. The first-order valence-corrected chi connectivity index (χ1v) is 7.36. The van der Waals surface area contributed by atoms with Gasteiger partial charge in [0.05, 0.1) is 0 Å². The van der Waals surface area contributed by atoms with E-state index in [1.54, 1.807) is 0 Å². The van der Waals surface area contributed by atoms with Gasteiger partial charge in [-0.2, -0.15) is 0 Å². The van der Waals surface area contributed by atoms with Crippen LogP contribution in [0.25, 0.3) is 0 Å². The molecule has 0 aliphatic heterocycles. The number of rotatable bonds is 1. The predicted octanol–water partition coefficient (Wildman–Crippen LogP) is 3.85. The summed E-state index contributed by atoms with van der Waals surface area (Å²) >= 11 is 0. The molecule has 0 bridgehead atoms. The van der Waals surface area contributed by atoms with Gasteiger partial charge in [0, 0.05) is 6.92 Å². The Labute approximate surface area is 110 Å². The highest BCUT2D eigenvalue weighted by Gasteiger charge is 2.63. The second kappa shape index (κ2) is 3.85. The molecular formula is C16H24O2. The molecule has 0 saturated heterocycles. The Kier molecular flexibility index (Phi) is 2.62. The number of allylic oxidation sites excluding steroid dienone is 1. The van der Waals surface area contributed by atoms with Crippen molar-refractivity contribution in [3.8, 4) is 0 Å². The van der Waals surface area contributed by atoms with E-state index in [2.05, 4.69) is 19.9 Å². The first-order valence-electron chi connectivity index (χ1n) is 7.36. The summed E-state index contributed by atoms with van der Waals surface area (Å²) in [5.74, 6) is 0.637. The second-order valence-electron chi connectivity index (χ2n) is 6.73. The van der Waals surface area contributed by atoms with Crippen LogP contribution >= 0.6 is 0 Å². The molecular weight excluding hydrogens is 224 g/mol. The van der Waals surface area contributed by atoms with Gasteiger partial charge in [-0.15, -0.1) is 0 Å². The van der Waals surface area contributed by atoms with Crippen molar-refractivity contribution in [1.82, 2.24) is 0 Å². The van der Waals surface area contributed by atoms with Gasteiger partial charge in [0.1, 0.15) is 6.10 Å². The molecule has 2 fully saturated rings. The Balaban J connectivity index is 1.99. The summed E-state index contributed by atoms with van der Waals surface area (Å²) < 4.78 is 5.50. The Morgan fingerprint density at radius 1 is 1.39 bits per heavy atom. The maximum atomic E-state index is 11.2. The smallest absolute Gasteiger partial charge is 0.303 e. The highest BCUT2D eigenvalue weighted by molar-refractivity contribution is 5.66. The summed E-state index contributed by atoms with van der Waals surface area (Å²) in [6.45, 7) is 6.21. The summed E-state index contributed by atoms with van der Waals surface area (Å²) in [5.41, 5.74) is 2.37. The highest BCUT2D eigenvalue weighted by atomic mass is 16.5. The van der Waals surface area contributed by atoms with Crippen LogP contribution < -0.4 is 0 Å². The predicted molar refractivity (Wildman–Crippen MR) is 71.0 cm³/mol. The van der Waals surface area contributed by atoms with Crippen molar-refractivity contribution in [3.63, 3.8) is 0 Å². The standard InChI is InChI=1S/C16H24O2/c1-11-5-8-15-6-4-7-16(11,15)10-14(9-12(15)2)18-13(3)17/h9,11,14H,4-8,10H2,1-3H3/t11?,14-,15+,16+/m1/s1. The third-order valence-electron chi connectivity index (χ3n) is 6.20. The molecule has 1 unspecified atom stereocenters. The number of hydrogen-bond donors (Lipinski definition) is 0. The summed E-state index contributed by atoms with van der Waals surface area (Å²) in [6, 6.07) is 0. The van der Waals surface area contributed by atoms with Gasteiger partial charge in [0.15, 0.2) is 0 Å². The topological polar surface area (TPSA) is 26.3 Å². The van der Waals surface area contributed by atoms with Gasteiger partial charge in [-0.1, -0.05) is 18.9 Å². The van der Waals surface area contributed by atoms with E-state index in [0.29, 0.717) is 10.8 Å². The van der Waals surface area contributed by atoms with Gasteiger partial charge in [-0.25, -0.2) is 0 Å². The molecule has 3 rings (SSSR count). The zero-order valence-electron chi connectivity index (χ0n) is 11.8. The molecule has 2 nitrogen and oxygen atoms in total. The minimum absolute atomic E-state index is 0.0225. The molecule has 3 aliphatic carbocycles. The van der Waals surface area contributed by atoms with E-state index in [-0.39, 0.29) is 12.1 Å². The van der Waals surface area contributed by atoms with E-state index < -0.39 is 0 Å². The van der Waals surface area contributed by atoms with Crippen LogP contribution in [0.5, 0.6) is 0 Å². The van der Waals surface area contributed by atoms with Crippen LogP contribution in [0.4, 0.5) is 0 Å². The first-order chi connectivity index (χ1) is 8.50. The number of hydrogen-bond acceptors (Lipinski definition) is 2. The Morgan fingerprint density at radius 3 is 2.89 bits per heavy atom. The van der Waals surface area contributed by atoms with Crippen LogP contribution in [-0.2, 0) is 9.53 Å². The van der Waals surface area contributed by atoms with E-state index in [4.69, 9.17) is 4.74 Å². The average molecular weight is 248 g/mol. The van der Waals surface area contributed by atoms with Crippen molar-refractivity contribution < 1.29 is 9.53 Å². The second-order valence-corrected chi connectivity index (χ2v) is 6.73. The van der Waals surface area contributed by atoms with Crippen molar-refractivity contribution >= 4 is 5.97 Å². The third kappa shape index (κ3) is 1.38. The minimum atomic E-state index is -0.142. The van der Waals surface area contributed by atoms with Gasteiger partial charge in [0.2, 0.25) is 0 Å². The highest BCUT2D eigenvalue weighted by Crippen LogP contribution is 2.71. The van der Waals surface area contributed by atoms with Crippen molar-refractivity contribution in [2.75, 3.05) is 0 Å². The Morgan fingerprint density at radius 2 is 2.17 bits per heavy atom. The molecule has 2 saturated carbocycles. The normalized spacial score (nSPS) is 46.3. The minimum Gasteiger partial charge on any atom is -0.458 e. The van der Waals surface area contributed by atoms with Crippen molar-refractivity contribution in [3.05, 3.63) is 11.6 Å². The Hall–Kier alpha value is -0.790. The van der Waals surface area contributed by atoms with Gasteiger partial charge in [0.25, 0.3) is 0 Å². The van der Waals surface area contributed by atoms with Gasteiger partial charge >= 0.3 is 5.97 Å². The Bertz CT molecular complexity index is 411. The molecule has 0 radical (unpaired) electrons. The van der Waals surface area contributed by atoms with Crippen LogP contribution in [0.15, 0.2) is 11.6 Å². The van der Waals surface area contributed by atoms with E-state index in [0.717, 1.165) is 12.3 Å². The SMILES string of the molecule is CC(=O)O[C@@H]1C=C(C)[C@@]23CCC[C@]2(C1)C(C)CC3. The van der Waals surface area contributed by atoms with Crippen molar-refractivity contribution in [2.24, 2.45) is 16.7 Å². The van der Waals surface area contributed by atoms with E-state index in [9.17, 15) is 4.79 Å².